The molecule has 3 aromatic heterocycles. The van der Waals surface area contributed by atoms with Crippen LogP contribution in [0.3, 0.4) is 0 Å². The number of carboxylic acids is 1. The van der Waals surface area contributed by atoms with Gasteiger partial charge in [-0.25, -0.2) is 24.7 Å². The highest BCUT2D eigenvalue weighted by Crippen LogP contribution is 2.30. The largest absolute Gasteiger partial charge is 0.490 e. The molecule has 44 heavy (non-hydrogen) atoms. The number of aliphatic hydroxyl groups is 2. The van der Waals surface area contributed by atoms with E-state index < -0.39 is 12.1 Å². The summed E-state index contributed by atoms with van der Waals surface area (Å²) in [6.07, 6.45) is -0.922. The van der Waals surface area contributed by atoms with E-state index in [9.17, 15) is 9.90 Å². The summed E-state index contributed by atoms with van der Waals surface area (Å²) in [5.74, 6) is 1.40. The molecule has 0 fully saturated rings. The van der Waals surface area contributed by atoms with E-state index in [0.717, 1.165) is 22.4 Å². The zero-order valence-electron chi connectivity index (χ0n) is 26.2. The number of anilines is 2. The van der Waals surface area contributed by atoms with Gasteiger partial charge in [0, 0.05) is 23.2 Å². The van der Waals surface area contributed by atoms with E-state index >= 15 is 0 Å². The van der Waals surface area contributed by atoms with Crippen LogP contribution in [0.5, 0.6) is 5.75 Å². The van der Waals surface area contributed by atoms with Crippen LogP contribution in [0, 0.1) is 27.7 Å². The van der Waals surface area contributed by atoms with Gasteiger partial charge in [0.1, 0.15) is 30.0 Å². The van der Waals surface area contributed by atoms with Gasteiger partial charge < -0.3 is 35.6 Å². The Kier molecular flexibility index (Phi) is 11.3. The fourth-order valence-corrected chi connectivity index (χ4v) is 4.01. The summed E-state index contributed by atoms with van der Waals surface area (Å²) in [7, 11) is 0. The predicted molar refractivity (Wildman–Crippen MR) is 165 cm³/mol. The molecule has 1 unspecified atom stereocenters. The van der Waals surface area contributed by atoms with Crippen LogP contribution in [0.25, 0.3) is 23.0 Å². The number of hydrogen-bond donors (Lipinski definition) is 5. The van der Waals surface area contributed by atoms with Gasteiger partial charge in [-0.3, -0.25) is 0 Å². The number of rotatable bonds is 10. The normalized spacial score (nSPS) is 11.7. The number of aryl methyl sites for hydroxylation is 4. The van der Waals surface area contributed by atoms with E-state index in [1.54, 1.807) is 13.0 Å². The van der Waals surface area contributed by atoms with Crippen molar-refractivity contribution in [2.24, 2.45) is 0 Å². The molecule has 14 nitrogen and oxygen atoms in total. The minimum absolute atomic E-state index is 0.0176. The molecule has 6 N–H and O–H groups in total. The lowest BCUT2D eigenvalue weighted by Crippen LogP contribution is -2.21. The first kappa shape index (κ1) is 33.8. The smallest absolute Gasteiger partial charge is 0.356 e. The van der Waals surface area contributed by atoms with Gasteiger partial charge in [-0.05, 0) is 70.9 Å². The van der Waals surface area contributed by atoms with Crippen molar-refractivity contribution in [2.45, 2.75) is 73.5 Å². The van der Waals surface area contributed by atoms with Crippen LogP contribution < -0.4 is 15.8 Å². The molecule has 0 radical (unpaired) electrons. The van der Waals surface area contributed by atoms with Crippen molar-refractivity contribution < 1.29 is 29.4 Å². The molecule has 4 rings (SSSR count). The third-order valence-corrected chi connectivity index (χ3v) is 6.14. The number of nitrogens with two attached hydrogens (primary N) is 1. The quantitative estimate of drug-likeness (QED) is 0.173. The fraction of sp³-hybridized carbons (Fsp3) is 0.433. The van der Waals surface area contributed by atoms with Crippen molar-refractivity contribution >= 4 is 17.6 Å². The summed E-state index contributed by atoms with van der Waals surface area (Å²) in [6, 6.07) is 5.77. The molecular formula is C30H40N8O6. The Hall–Kier alpha value is -4.69. The number of aromatic carboxylic acids is 1. The molecule has 14 heteroatoms. The number of ether oxygens (including phenoxy) is 1. The standard InChI is InChI=1S/C21H27N5O4.C9H13N3O2/c1-11(2)22-21-23-14(5)8-17(24-21)20-25-19(26-30-20)15-6-12(3)18(13(4)7-15)29-10-16(28)9-27;1-4(2)8-11-5(3)6(10)7(12-8)9(13)14/h6-8,11,16,27-28H,9-10H2,1-5H3,(H,22,23,24);4H,10H2,1-3H3,(H,13,14). The number of nitrogen functional groups attached to an aromatic ring is 1. The third-order valence-electron chi connectivity index (χ3n) is 6.14. The van der Waals surface area contributed by atoms with Crippen molar-refractivity contribution in [3.63, 3.8) is 0 Å². The van der Waals surface area contributed by atoms with E-state index in [4.69, 9.17) is 25.2 Å². The van der Waals surface area contributed by atoms with E-state index in [1.807, 2.05) is 60.6 Å². The highest BCUT2D eigenvalue weighted by atomic mass is 16.5. The minimum atomic E-state index is -1.12. The first-order chi connectivity index (χ1) is 20.7. The predicted octanol–water partition coefficient (Wildman–Crippen LogP) is 3.86. The Morgan fingerprint density at radius 3 is 2.23 bits per heavy atom. The zero-order chi connectivity index (χ0) is 32.7. The molecule has 0 aliphatic rings. The maximum absolute atomic E-state index is 10.8. The molecule has 1 atom stereocenters. The highest BCUT2D eigenvalue weighted by molar-refractivity contribution is 5.91. The van der Waals surface area contributed by atoms with Crippen molar-refractivity contribution in [2.75, 3.05) is 24.3 Å². The van der Waals surface area contributed by atoms with Crippen LogP contribution in [-0.2, 0) is 0 Å². The number of benzene rings is 1. The molecular weight excluding hydrogens is 568 g/mol. The monoisotopic (exact) mass is 608 g/mol. The molecule has 3 heterocycles. The Labute approximate surface area is 255 Å². The molecule has 0 saturated heterocycles. The van der Waals surface area contributed by atoms with Crippen LogP contribution in [0.2, 0.25) is 0 Å². The summed E-state index contributed by atoms with van der Waals surface area (Å²) in [5.41, 5.74) is 9.94. The summed E-state index contributed by atoms with van der Waals surface area (Å²) in [6.45, 7) is 14.8. The number of carbonyl (C=O) groups is 1. The van der Waals surface area contributed by atoms with Crippen molar-refractivity contribution in [1.29, 1.82) is 0 Å². The van der Waals surface area contributed by atoms with Crippen molar-refractivity contribution in [3.8, 4) is 28.7 Å². The number of nitrogens with zero attached hydrogens (tertiary/aromatic N) is 6. The lowest BCUT2D eigenvalue weighted by molar-refractivity contribution is 0.0532. The lowest BCUT2D eigenvalue weighted by atomic mass is 10.1. The number of hydrogen-bond acceptors (Lipinski definition) is 13. The first-order valence-electron chi connectivity index (χ1n) is 14.1. The minimum Gasteiger partial charge on any atom is -0.490 e. The first-order valence-corrected chi connectivity index (χ1v) is 14.1. The molecule has 236 valence electrons. The maximum Gasteiger partial charge on any atom is 0.356 e. The summed E-state index contributed by atoms with van der Waals surface area (Å²) < 4.78 is 11.1. The Bertz CT molecular complexity index is 1580. The second-order valence-corrected chi connectivity index (χ2v) is 10.9. The highest BCUT2D eigenvalue weighted by Gasteiger charge is 2.18. The number of nitrogens with one attached hydrogen (secondary N) is 1. The van der Waals surface area contributed by atoms with Gasteiger partial charge in [-0.2, -0.15) is 4.98 Å². The molecule has 0 bridgehead atoms. The average molecular weight is 609 g/mol. The van der Waals surface area contributed by atoms with Crippen LogP contribution in [0.4, 0.5) is 11.6 Å². The SMILES string of the molecule is Cc1cc(-c2nc(-c3cc(C)c(OCC(O)CO)c(C)c3)no2)nc(NC(C)C)n1.Cc1nc(C(C)C)nc(C(=O)O)c1N. The van der Waals surface area contributed by atoms with E-state index in [-0.39, 0.29) is 36.6 Å². The molecule has 1 aromatic carbocycles. The summed E-state index contributed by atoms with van der Waals surface area (Å²) in [4.78, 5) is 32.1. The van der Waals surface area contributed by atoms with E-state index in [0.29, 0.717) is 40.6 Å². The van der Waals surface area contributed by atoms with Crippen LogP contribution in [0.1, 0.15) is 72.4 Å². The zero-order valence-corrected chi connectivity index (χ0v) is 26.2. The van der Waals surface area contributed by atoms with Gasteiger partial charge in [-0.1, -0.05) is 19.0 Å². The Balaban J connectivity index is 0.000000317. The fourth-order valence-electron chi connectivity index (χ4n) is 4.01. The second-order valence-electron chi connectivity index (χ2n) is 10.9. The topological polar surface area (TPSA) is 216 Å². The van der Waals surface area contributed by atoms with Gasteiger partial charge >= 0.3 is 5.97 Å². The second kappa shape index (κ2) is 14.7. The Morgan fingerprint density at radius 1 is 1.00 bits per heavy atom. The average Bonchev–Trinajstić information content (AvgIpc) is 3.44. The lowest BCUT2D eigenvalue weighted by Gasteiger charge is -2.15. The molecule has 0 aliphatic heterocycles. The molecule has 0 amide bonds. The van der Waals surface area contributed by atoms with Crippen molar-refractivity contribution in [1.82, 2.24) is 30.1 Å². The van der Waals surface area contributed by atoms with E-state index in [1.165, 1.54) is 0 Å². The maximum atomic E-state index is 10.8. The number of aromatic nitrogens is 6. The van der Waals surface area contributed by atoms with Crippen LogP contribution >= 0.6 is 0 Å². The van der Waals surface area contributed by atoms with Crippen LogP contribution in [-0.4, -0.2) is 76.7 Å². The van der Waals surface area contributed by atoms with Gasteiger partial charge in [-0.15, -0.1) is 0 Å². The molecule has 0 spiro atoms. The molecule has 0 aliphatic carbocycles. The van der Waals surface area contributed by atoms with Crippen molar-refractivity contribution in [3.05, 3.63) is 52.2 Å². The Morgan fingerprint density at radius 2 is 1.66 bits per heavy atom. The van der Waals surface area contributed by atoms with Crippen LogP contribution in [0.15, 0.2) is 22.7 Å². The molecule has 4 aromatic rings. The van der Waals surface area contributed by atoms with Gasteiger partial charge in [0.25, 0.3) is 5.89 Å². The van der Waals surface area contributed by atoms with E-state index in [2.05, 4.69) is 35.4 Å². The third kappa shape index (κ3) is 8.67. The summed E-state index contributed by atoms with van der Waals surface area (Å²) >= 11 is 0. The number of carboxylic acid groups (broad SMARTS) is 1. The summed E-state index contributed by atoms with van der Waals surface area (Å²) in [5, 5.41) is 34.6. The van der Waals surface area contributed by atoms with Gasteiger partial charge in [0.05, 0.1) is 18.0 Å². The van der Waals surface area contributed by atoms with Gasteiger partial charge in [0.15, 0.2) is 5.69 Å². The molecule has 0 saturated carbocycles. The number of aliphatic hydroxyl groups excluding tert-OH is 2. The van der Waals surface area contributed by atoms with Gasteiger partial charge in [0.2, 0.25) is 11.8 Å².